The van der Waals surface area contributed by atoms with Crippen LogP contribution >= 0.6 is 0 Å². The summed E-state index contributed by atoms with van der Waals surface area (Å²) >= 11 is 0. The van der Waals surface area contributed by atoms with Crippen LogP contribution in [0.5, 0.6) is 0 Å². The van der Waals surface area contributed by atoms with E-state index in [4.69, 9.17) is 5.73 Å². The molecule has 1 atom stereocenters. The quantitative estimate of drug-likeness (QED) is 0.702. The van der Waals surface area contributed by atoms with E-state index >= 15 is 0 Å². The van der Waals surface area contributed by atoms with Gasteiger partial charge >= 0.3 is 0 Å². The molecular weight excluding hydrogens is 242 g/mol. The van der Waals surface area contributed by atoms with E-state index in [0.29, 0.717) is 12.0 Å². The Morgan fingerprint density at radius 3 is 2.84 bits per heavy atom. The highest BCUT2D eigenvalue weighted by Gasteiger charge is 2.07. The van der Waals surface area contributed by atoms with Crippen LogP contribution < -0.4 is 11.1 Å². The monoisotopic (exact) mass is 263 g/mol. The van der Waals surface area contributed by atoms with Crippen LogP contribution in [-0.2, 0) is 13.0 Å². The summed E-state index contributed by atoms with van der Waals surface area (Å²) in [6, 6.07) is 2.43. The molecule has 2 heterocycles. The van der Waals surface area contributed by atoms with Crippen LogP contribution in [0, 0.1) is 13.8 Å². The summed E-state index contributed by atoms with van der Waals surface area (Å²) < 4.78 is 2.03. The summed E-state index contributed by atoms with van der Waals surface area (Å²) in [7, 11) is 0. The minimum Gasteiger partial charge on any atom is -0.367 e. The van der Waals surface area contributed by atoms with E-state index in [9.17, 15) is 0 Å². The van der Waals surface area contributed by atoms with Crippen molar-refractivity contribution in [2.45, 2.75) is 39.8 Å². The minimum absolute atomic E-state index is 0.297. The molecule has 0 radical (unpaired) electrons. The van der Waals surface area contributed by atoms with Crippen LogP contribution in [-0.4, -0.2) is 37.5 Å². The first-order valence-electron chi connectivity index (χ1n) is 6.46. The standard InChI is InChI=1S/C12H21N7/c1-8-6-10(3)19(18-8)7-9(2)14-5-4-11-15-12(13)17-16-11/h6,9,14H,4-5,7H2,1-3H3,(H3,13,15,16,17)/t9-/m0/s1. The first kappa shape index (κ1) is 13.5. The van der Waals surface area contributed by atoms with Crippen LogP contribution in [0.1, 0.15) is 24.1 Å². The van der Waals surface area contributed by atoms with Gasteiger partial charge in [-0.3, -0.25) is 9.78 Å². The molecule has 0 aliphatic rings. The lowest BCUT2D eigenvalue weighted by Gasteiger charge is -2.14. The van der Waals surface area contributed by atoms with Gasteiger partial charge in [-0.25, -0.2) is 0 Å². The molecular formula is C12H21N7. The molecule has 0 unspecified atom stereocenters. The third-order valence-corrected chi connectivity index (χ3v) is 2.95. The second-order valence-electron chi connectivity index (χ2n) is 4.85. The van der Waals surface area contributed by atoms with Gasteiger partial charge in [-0.1, -0.05) is 0 Å². The topological polar surface area (TPSA) is 97.4 Å². The SMILES string of the molecule is Cc1cc(C)n(C[C@H](C)NCCc2nc(N)n[nH]2)n1. The molecule has 104 valence electrons. The minimum atomic E-state index is 0.297. The molecule has 2 aromatic rings. The molecule has 0 amide bonds. The third-order valence-electron chi connectivity index (χ3n) is 2.95. The Balaban J connectivity index is 1.75. The molecule has 19 heavy (non-hydrogen) atoms. The van der Waals surface area contributed by atoms with E-state index in [1.165, 1.54) is 5.69 Å². The Kier molecular flexibility index (Phi) is 4.16. The summed E-state index contributed by atoms with van der Waals surface area (Å²) in [5.41, 5.74) is 7.69. The molecule has 2 aromatic heterocycles. The average Bonchev–Trinajstić information content (AvgIpc) is 2.86. The van der Waals surface area contributed by atoms with Crippen molar-refractivity contribution in [2.24, 2.45) is 0 Å². The van der Waals surface area contributed by atoms with E-state index in [1.54, 1.807) is 0 Å². The predicted octanol–water partition coefficient (Wildman–Crippen LogP) is 0.421. The molecule has 0 bridgehead atoms. The number of nitrogens with two attached hydrogens (primary N) is 1. The fourth-order valence-electron chi connectivity index (χ4n) is 2.04. The second kappa shape index (κ2) is 5.83. The zero-order valence-corrected chi connectivity index (χ0v) is 11.6. The molecule has 4 N–H and O–H groups in total. The number of nitrogens with one attached hydrogen (secondary N) is 2. The van der Waals surface area contributed by atoms with E-state index in [-0.39, 0.29) is 0 Å². The zero-order valence-electron chi connectivity index (χ0n) is 11.6. The number of anilines is 1. The molecule has 7 nitrogen and oxygen atoms in total. The van der Waals surface area contributed by atoms with Crippen molar-refractivity contribution in [3.05, 3.63) is 23.3 Å². The number of H-pyrrole nitrogens is 1. The number of rotatable bonds is 6. The van der Waals surface area contributed by atoms with Crippen LogP contribution in [0.3, 0.4) is 0 Å². The van der Waals surface area contributed by atoms with Crippen molar-refractivity contribution in [2.75, 3.05) is 12.3 Å². The lowest BCUT2D eigenvalue weighted by Crippen LogP contribution is -2.32. The second-order valence-corrected chi connectivity index (χ2v) is 4.85. The Morgan fingerprint density at radius 2 is 2.26 bits per heavy atom. The Hall–Kier alpha value is -1.89. The van der Waals surface area contributed by atoms with Gasteiger partial charge in [0, 0.05) is 24.7 Å². The summed E-state index contributed by atoms with van der Waals surface area (Å²) in [5, 5.41) is 14.5. The van der Waals surface area contributed by atoms with Gasteiger partial charge in [0.1, 0.15) is 5.82 Å². The van der Waals surface area contributed by atoms with Crippen molar-refractivity contribution in [3.63, 3.8) is 0 Å². The summed E-state index contributed by atoms with van der Waals surface area (Å²) in [4.78, 5) is 4.06. The zero-order chi connectivity index (χ0) is 13.8. The van der Waals surface area contributed by atoms with Crippen LogP contribution in [0.2, 0.25) is 0 Å². The number of nitrogen functional groups attached to an aromatic ring is 1. The maximum atomic E-state index is 5.45. The molecule has 0 aliphatic heterocycles. The van der Waals surface area contributed by atoms with Crippen molar-refractivity contribution in [1.29, 1.82) is 0 Å². The first-order valence-corrected chi connectivity index (χ1v) is 6.46. The van der Waals surface area contributed by atoms with E-state index in [2.05, 4.69) is 45.5 Å². The van der Waals surface area contributed by atoms with E-state index in [0.717, 1.165) is 31.0 Å². The molecule has 2 rings (SSSR count). The summed E-state index contributed by atoms with van der Waals surface area (Å²) in [6.45, 7) is 7.92. The van der Waals surface area contributed by atoms with Crippen molar-refractivity contribution in [3.8, 4) is 0 Å². The number of hydrogen-bond acceptors (Lipinski definition) is 5. The van der Waals surface area contributed by atoms with Crippen molar-refractivity contribution in [1.82, 2.24) is 30.3 Å². The average molecular weight is 263 g/mol. The highest BCUT2D eigenvalue weighted by Crippen LogP contribution is 2.03. The molecule has 0 fully saturated rings. The van der Waals surface area contributed by atoms with Gasteiger partial charge in [0.05, 0.1) is 12.2 Å². The van der Waals surface area contributed by atoms with Gasteiger partial charge < -0.3 is 11.1 Å². The Bertz CT molecular complexity index is 528. The largest absolute Gasteiger partial charge is 0.367 e. The van der Waals surface area contributed by atoms with Gasteiger partial charge in [-0.2, -0.15) is 10.1 Å². The third kappa shape index (κ3) is 3.78. The van der Waals surface area contributed by atoms with Crippen LogP contribution in [0.25, 0.3) is 0 Å². The molecule has 0 saturated heterocycles. The van der Waals surface area contributed by atoms with E-state index < -0.39 is 0 Å². The van der Waals surface area contributed by atoms with Gasteiger partial charge in [0.15, 0.2) is 0 Å². The Labute approximate surface area is 112 Å². The Morgan fingerprint density at radius 1 is 1.47 bits per heavy atom. The number of hydrogen-bond donors (Lipinski definition) is 3. The summed E-state index contributed by atoms with van der Waals surface area (Å²) in [5.74, 6) is 1.11. The van der Waals surface area contributed by atoms with Gasteiger partial charge in [-0.15, -0.1) is 5.10 Å². The highest BCUT2D eigenvalue weighted by atomic mass is 15.3. The molecule has 0 spiro atoms. The molecule has 0 aromatic carbocycles. The van der Waals surface area contributed by atoms with Crippen LogP contribution in [0.15, 0.2) is 6.07 Å². The number of aromatic nitrogens is 5. The highest BCUT2D eigenvalue weighted by molar-refractivity contribution is 5.12. The molecule has 7 heteroatoms. The van der Waals surface area contributed by atoms with E-state index in [1.807, 2.05) is 11.6 Å². The number of nitrogens with zero attached hydrogens (tertiary/aromatic N) is 4. The van der Waals surface area contributed by atoms with Crippen LogP contribution in [0.4, 0.5) is 5.95 Å². The fraction of sp³-hybridized carbons (Fsp3) is 0.583. The molecule has 0 aliphatic carbocycles. The van der Waals surface area contributed by atoms with Gasteiger partial charge in [0.2, 0.25) is 5.95 Å². The maximum absolute atomic E-state index is 5.45. The van der Waals surface area contributed by atoms with Crippen molar-refractivity contribution >= 4 is 5.95 Å². The summed E-state index contributed by atoms with van der Waals surface area (Å²) in [6.07, 6.45) is 0.783. The normalized spacial score (nSPS) is 12.8. The lowest BCUT2D eigenvalue weighted by atomic mass is 10.3. The number of aryl methyl sites for hydroxylation is 2. The lowest BCUT2D eigenvalue weighted by molar-refractivity contribution is 0.445. The fourth-order valence-corrected chi connectivity index (χ4v) is 2.04. The predicted molar refractivity (Wildman–Crippen MR) is 73.7 cm³/mol. The first-order chi connectivity index (χ1) is 9.04. The van der Waals surface area contributed by atoms with Gasteiger partial charge in [0.25, 0.3) is 0 Å². The number of aromatic amines is 1. The van der Waals surface area contributed by atoms with Crippen molar-refractivity contribution < 1.29 is 0 Å². The van der Waals surface area contributed by atoms with Gasteiger partial charge in [-0.05, 0) is 26.8 Å². The smallest absolute Gasteiger partial charge is 0.239 e. The molecule has 0 saturated carbocycles. The maximum Gasteiger partial charge on any atom is 0.239 e.